The van der Waals surface area contributed by atoms with Crippen molar-refractivity contribution in [2.75, 3.05) is 0 Å². The average Bonchev–Trinajstić information content (AvgIpc) is 1.63. The maximum absolute atomic E-state index is 6.62. The number of rotatable bonds is 2. The molecule has 0 bridgehead atoms. The van der Waals surface area contributed by atoms with Crippen molar-refractivity contribution < 1.29 is 0 Å². The van der Waals surface area contributed by atoms with Gasteiger partial charge in [0.2, 0.25) is 0 Å². The van der Waals surface area contributed by atoms with Gasteiger partial charge in [0, 0.05) is 11.0 Å². The molecular formula is C6H12N2S. The Morgan fingerprint density at radius 2 is 2.00 bits per heavy atom. The van der Waals surface area contributed by atoms with Crippen molar-refractivity contribution >= 4 is 24.4 Å². The lowest BCUT2D eigenvalue weighted by atomic mass is 10.3. The Kier molecular flexibility index (Phi) is 3.54. The largest absolute Gasteiger partial charge is 0.307 e. The fraction of sp³-hybridized carbons (Fsp3) is 0.667. The van der Waals surface area contributed by atoms with Gasteiger partial charge in [-0.05, 0) is 32.7 Å². The second kappa shape index (κ2) is 3.67. The maximum Gasteiger partial charge on any atom is 0.0527 e. The van der Waals surface area contributed by atoms with Gasteiger partial charge in [-0.3, -0.25) is 0 Å². The highest BCUT2D eigenvalue weighted by molar-refractivity contribution is 7.99. The Morgan fingerprint density at radius 1 is 1.44 bits per heavy atom. The number of nitrogens with one attached hydrogen (secondary N) is 1. The highest BCUT2D eigenvalue weighted by atomic mass is 32.2. The molecule has 0 aromatic heterocycles. The van der Waals surface area contributed by atoms with Gasteiger partial charge in [0.05, 0.1) is 6.21 Å². The van der Waals surface area contributed by atoms with E-state index in [0.717, 1.165) is 0 Å². The van der Waals surface area contributed by atoms with Crippen LogP contribution in [-0.4, -0.2) is 17.2 Å². The highest BCUT2D eigenvalue weighted by Crippen LogP contribution is 2.23. The summed E-state index contributed by atoms with van der Waals surface area (Å²) >= 11 is 1.48. The molecule has 0 atom stereocenters. The monoisotopic (exact) mass is 144 g/mol. The summed E-state index contributed by atoms with van der Waals surface area (Å²) in [7, 11) is 0. The molecule has 1 N–H and O–H groups in total. The Labute approximate surface area is 60.4 Å². The van der Waals surface area contributed by atoms with E-state index in [4.69, 9.17) is 5.41 Å². The molecule has 0 spiro atoms. The van der Waals surface area contributed by atoms with Crippen molar-refractivity contribution in [1.29, 1.82) is 5.41 Å². The number of nitrogens with zero attached hydrogens (tertiary/aromatic N) is 1. The summed E-state index contributed by atoms with van der Waals surface area (Å²) < 4.78 is 4.08. The van der Waals surface area contributed by atoms with E-state index >= 15 is 0 Å². The number of hydrogen-bond donors (Lipinski definition) is 1. The lowest BCUT2D eigenvalue weighted by Crippen LogP contribution is -2.04. The fourth-order valence-corrected chi connectivity index (χ4v) is 0.657. The second-order valence-electron chi connectivity index (χ2n) is 2.62. The average molecular weight is 144 g/mol. The zero-order valence-electron chi connectivity index (χ0n) is 6.01. The molecule has 52 valence electrons. The molecule has 0 amide bonds. The summed E-state index contributed by atoms with van der Waals surface area (Å²) in [5.41, 5.74) is 0. The van der Waals surface area contributed by atoms with Crippen molar-refractivity contribution in [2.24, 2.45) is 4.40 Å². The zero-order chi connectivity index (χ0) is 7.33. The standard InChI is InChI=1S/C6H12N2S/c1-6(2,3)9-8-5-4-7/h4-5,7H,1-3H3/b7-4?,8-5+. The van der Waals surface area contributed by atoms with E-state index in [1.807, 2.05) is 0 Å². The second-order valence-corrected chi connectivity index (χ2v) is 4.24. The predicted octanol–water partition coefficient (Wildman–Crippen LogP) is 2.15. The lowest BCUT2D eigenvalue weighted by molar-refractivity contribution is 0.804. The van der Waals surface area contributed by atoms with Crippen LogP contribution in [0.3, 0.4) is 0 Å². The summed E-state index contributed by atoms with van der Waals surface area (Å²) in [6, 6.07) is 0. The van der Waals surface area contributed by atoms with Gasteiger partial charge in [-0.1, -0.05) is 0 Å². The van der Waals surface area contributed by atoms with E-state index in [1.165, 1.54) is 24.4 Å². The van der Waals surface area contributed by atoms with Gasteiger partial charge in [0.1, 0.15) is 0 Å². The molecule has 0 saturated carbocycles. The maximum atomic E-state index is 6.62. The van der Waals surface area contributed by atoms with Gasteiger partial charge in [-0.15, -0.1) is 0 Å². The Balaban J connectivity index is 3.50. The van der Waals surface area contributed by atoms with E-state index in [1.54, 1.807) is 0 Å². The summed E-state index contributed by atoms with van der Waals surface area (Å²) in [4.78, 5) is 0. The van der Waals surface area contributed by atoms with Crippen molar-refractivity contribution in [3.63, 3.8) is 0 Å². The molecule has 0 aromatic carbocycles. The van der Waals surface area contributed by atoms with Crippen molar-refractivity contribution in [1.82, 2.24) is 0 Å². The van der Waals surface area contributed by atoms with Crippen molar-refractivity contribution in [3.8, 4) is 0 Å². The fourth-order valence-electron chi connectivity index (χ4n) is 0.219. The Morgan fingerprint density at radius 3 is 2.33 bits per heavy atom. The SMILES string of the molecule is CC(C)(C)S/N=C/C=N. The van der Waals surface area contributed by atoms with E-state index in [0.29, 0.717) is 0 Å². The minimum Gasteiger partial charge on any atom is -0.307 e. The van der Waals surface area contributed by atoms with Gasteiger partial charge < -0.3 is 5.41 Å². The predicted molar refractivity (Wildman–Crippen MR) is 44.6 cm³/mol. The topological polar surface area (TPSA) is 36.2 Å². The molecule has 0 aliphatic heterocycles. The third-order valence-corrected chi connectivity index (χ3v) is 1.24. The lowest BCUT2D eigenvalue weighted by Gasteiger charge is -2.11. The van der Waals surface area contributed by atoms with Gasteiger partial charge in [0.15, 0.2) is 0 Å². The molecule has 0 saturated heterocycles. The molecule has 0 fully saturated rings. The summed E-state index contributed by atoms with van der Waals surface area (Å²) in [6.07, 6.45) is 2.66. The minimum absolute atomic E-state index is 0.166. The van der Waals surface area contributed by atoms with Gasteiger partial charge >= 0.3 is 0 Å². The van der Waals surface area contributed by atoms with Crippen molar-refractivity contribution in [3.05, 3.63) is 0 Å². The third kappa shape index (κ3) is 7.69. The normalized spacial score (nSPS) is 12.3. The summed E-state index contributed by atoms with van der Waals surface area (Å²) in [6.45, 7) is 6.25. The van der Waals surface area contributed by atoms with Crippen LogP contribution in [0.2, 0.25) is 0 Å². The van der Waals surface area contributed by atoms with Gasteiger partial charge in [-0.2, -0.15) is 0 Å². The first-order valence-electron chi connectivity index (χ1n) is 2.77. The Hall–Kier alpha value is -0.310. The minimum atomic E-state index is 0.166. The van der Waals surface area contributed by atoms with Crippen LogP contribution < -0.4 is 0 Å². The van der Waals surface area contributed by atoms with Crippen LogP contribution in [0, 0.1) is 5.41 Å². The van der Waals surface area contributed by atoms with Crippen LogP contribution >= 0.6 is 11.9 Å². The van der Waals surface area contributed by atoms with Gasteiger partial charge in [-0.25, -0.2) is 4.40 Å². The number of hydrogen-bond acceptors (Lipinski definition) is 3. The Bertz CT molecular complexity index is 113. The van der Waals surface area contributed by atoms with Crippen LogP contribution in [0.1, 0.15) is 20.8 Å². The van der Waals surface area contributed by atoms with Crippen LogP contribution in [0.25, 0.3) is 0 Å². The molecule has 0 unspecified atom stereocenters. The van der Waals surface area contributed by atoms with E-state index in [-0.39, 0.29) is 4.75 Å². The molecule has 0 radical (unpaired) electrons. The van der Waals surface area contributed by atoms with E-state index in [9.17, 15) is 0 Å². The highest BCUT2D eigenvalue weighted by Gasteiger charge is 2.08. The van der Waals surface area contributed by atoms with Crippen LogP contribution in [-0.2, 0) is 0 Å². The summed E-state index contributed by atoms with van der Waals surface area (Å²) in [5, 5.41) is 6.62. The van der Waals surface area contributed by atoms with E-state index < -0.39 is 0 Å². The molecule has 0 rings (SSSR count). The van der Waals surface area contributed by atoms with E-state index in [2.05, 4.69) is 25.2 Å². The smallest absolute Gasteiger partial charge is 0.0527 e. The summed E-state index contributed by atoms with van der Waals surface area (Å²) in [5.74, 6) is 0. The molecule has 0 aromatic rings. The zero-order valence-corrected chi connectivity index (χ0v) is 6.83. The third-order valence-electron chi connectivity index (χ3n) is 0.462. The molecular weight excluding hydrogens is 132 g/mol. The first-order valence-corrected chi connectivity index (χ1v) is 3.54. The molecule has 9 heavy (non-hydrogen) atoms. The van der Waals surface area contributed by atoms with Gasteiger partial charge in [0.25, 0.3) is 0 Å². The van der Waals surface area contributed by atoms with Crippen LogP contribution in [0.15, 0.2) is 4.40 Å². The first-order chi connectivity index (χ1) is 4.06. The first kappa shape index (κ1) is 8.69. The quantitative estimate of drug-likeness (QED) is 0.468. The molecule has 3 heteroatoms. The van der Waals surface area contributed by atoms with Crippen LogP contribution in [0.4, 0.5) is 0 Å². The molecule has 2 nitrogen and oxygen atoms in total. The van der Waals surface area contributed by atoms with Crippen LogP contribution in [0.5, 0.6) is 0 Å². The molecule has 0 heterocycles. The molecule has 0 aliphatic rings. The molecule has 0 aliphatic carbocycles. The van der Waals surface area contributed by atoms with Crippen molar-refractivity contribution in [2.45, 2.75) is 25.5 Å².